The number of hydrogen-bond donors (Lipinski definition) is 1. The molecule has 0 saturated carbocycles. The van der Waals surface area contributed by atoms with Crippen molar-refractivity contribution in [1.29, 1.82) is 0 Å². The van der Waals surface area contributed by atoms with Gasteiger partial charge in [0.15, 0.2) is 23.0 Å². The third-order valence-electron chi connectivity index (χ3n) is 5.42. The van der Waals surface area contributed by atoms with Crippen LogP contribution >= 0.6 is 0 Å². The quantitative estimate of drug-likeness (QED) is 0.153. The fraction of sp³-hybridized carbons (Fsp3) is 0.179. The standard InChI is InChI=1S/C28H28N2O8/c1-34-23-15-19(9-10-20-16-24(35-2)28(38-5)25(17-20)36-3)14-22(27(23)37-4)29-26(31)12-11-18-7-6-8-21(13-18)30(32)33/h6-17H,1-5H3,(H,29,31)/b10-9+,12-11+. The maximum atomic E-state index is 12.7. The van der Waals surface area contributed by atoms with Gasteiger partial charge in [-0.2, -0.15) is 0 Å². The van der Waals surface area contributed by atoms with Crippen LogP contribution in [0.25, 0.3) is 18.2 Å². The fourth-order valence-electron chi connectivity index (χ4n) is 3.65. The molecule has 198 valence electrons. The Balaban J connectivity index is 1.90. The number of nitrogens with one attached hydrogen (secondary N) is 1. The normalized spacial score (nSPS) is 10.9. The molecule has 10 heteroatoms. The van der Waals surface area contributed by atoms with Crippen molar-refractivity contribution >= 4 is 35.5 Å². The third-order valence-corrected chi connectivity index (χ3v) is 5.42. The monoisotopic (exact) mass is 520 g/mol. The Kier molecular flexibility index (Phi) is 9.31. The molecule has 0 aromatic heterocycles. The summed E-state index contributed by atoms with van der Waals surface area (Å²) in [6.07, 6.45) is 6.44. The molecule has 3 aromatic carbocycles. The second-order valence-electron chi connectivity index (χ2n) is 7.77. The molecule has 0 unspecified atom stereocenters. The molecule has 0 radical (unpaired) electrons. The Bertz CT molecular complexity index is 1360. The van der Waals surface area contributed by atoms with Crippen LogP contribution in [0.15, 0.2) is 54.6 Å². The van der Waals surface area contributed by atoms with Crippen LogP contribution in [0.1, 0.15) is 16.7 Å². The predicted octanol–water partition coefficient (Wildman–Crippen LogP) is 5.46. The van der Waals surface area contributed by atoms with Crippen molar-refractivity contribution in [2.45, 2.75) is 0 Å². The van der Waals surface area contributed by atoms with Crippen molar-refractivity contribution < 1.29 is 33.4 Å². The van der Waals surface area contributed by atoms with E-state index in [4.69, 9.17) is 23.7 Å². The second-order valence-corrected chi connectivity index (χ2v) is 7.77. The van der Waals surface area contributed by atoms with Crippen molar-refractivity contribution in [2.75, 3.05) is 40.9 Å². The van der Waals surface area contributed by atoms with E-state index in [2.05, 4.69) is 5.32 Å². The van der Waals surface area contributed by atoms with Gasteiger partial charge in [-0.3, -0.25) is 14.9 Å². The van der Waals surface area contributed by atoms with Crippen LogP contribution in [-0.4, -0.2) is 46.4 Å². The number of nitro groups is 1. The Hall–Kier alpha value is -4.99. The smallest absolute Gasteiger partial charge is 0.270 e. The molecular weight excluding hydrogens is 492 g/mol. The van der Waals surface area contributed by atoms with Crippen molar-refractivity contribution in [2.24, 2.45) is 0 Å². The number of nitro benzene ring substituents is 1. The first-order valence-electron chi connectivity index (χ1n) is 11.3. The van der Waals surface area contributed by atoms with Crippen molar-refractivity contribution in [3.05, 3.63) is 81.4 Å². The number of methoxy groups -OCH3 is 5. The van der Waals surface area contributed by atoms with Crippen LogP contribution in [0.3, 0.4) is 0 Å². The maximum Gasteiger partial charge on any atom is 0.270 e. The minimum absolute atomic E-state index is 0.0643. The van der Waals surface area contributed by atoms with E-state index in [-0.39, 0.29) is 5.69 Å². The maximum absolute atomic E-state index is 12.7. The Labute approximate surface area is 220 Å². The lowest BCUT2D eigenvalue weighted by atomic mass is 10.1. The fourth-order valence-corrected chi connectivity index (χ4v) is 3.65. The average Bonchev–Trinajstić information content (AvgIpc) is 2.93. The van der Waals surface area contributed by atoms with E-state index in [1.807, 2.05) is 12.2 Å². The number of hydrogen-bond acceptors (Lipinski definition) is 8. The summed E-state index contributed by atoms with van der Waals surface area (Å²) in [7, 11) is 7.59. The molecule has 0 spiro atoms. The van der Waals surface area contributed by atoms with Crippen molar-refractivity contribution in [3.8, 4) is 28.7 Å². The Morgan fingerprint density at radius 2 is 1.29 bits per heavy atom. The van der Waals surface area contributed by atoms with E-state index in [9.17, 15) is 14.9 Å². The van der Waals surface area contributed by atoms with Gasteiger partial charge in [0.2, 0.25) is 11.7 Å². The van der Waals surface area contributed by atoms with Gasteiger partial charge in [-0.25, -0.2) is 0 Å². The van der Waals surface area contributed by atoms with Crippen LogP contribution in [0.2, 0.25) is 0 Å². The number of amides is 1. The Morgan fingerprint density at radius 3 is 1.82 bits per heavy atom. The van der Waals surface area contributed by atoms with E-state index >= 15 is 0 Å². The summed E-state index contributed by atoms with van der Waals surface area (Å²) in [4.78, 5) is 23.2. The number of carbonyl (C=O) groups excluding carboxylic acids is 1. The van der Waals surface area contributed by atoms with Crippen molar-refractivity contribution in [1.82, 2.24) is 0 Å². The molecule has 0 fully saturated rings. The van der Waals surface area contributed by atoms with Crippen LogP contribution in [0.4, 0.5) is 11.4 Å². The van der Waals surface area contributed by atoms with Gasteiger partial charge in [-0.15, -0.1) is 0 Å². The molecule has 0 saturated heterocycles. The summed E-state index contributed by atoms with van der Waals surface area (Å²) in [5, 5.41) is 13.8. The lowest BCUT2D eigenvalue weighted by Gasteiger charge is -2.14. The van der Waals surface area contributed by atoms with Crippen LogP contribution < -0.4 is 29.0 Å². The van der Waals surface area contributed by atoms with Gasteiger partial charge in [0.1, 0.15) is 0 Å². The van der Waals surface area contributed by atoms with Gasteiger partial charge >= 0.3 is 0 Å². The van der Waals surface area contributed by atoms with Crippen LogP contribution in [0, 0.1) is 10.1 Å². The van der Waals surface area contributed by atoms with E-state index in [0.717, 1.165) is 11.1 Å². The third kappa shape index (κ3) is 6.61. The largest absolute Gasteiger partial charge is 0.493 e. The molecule has 1 amide bonds. The predicted molar refractivity (Wildman–Crippen MR) is 145 cm³/mol. The summed E-state index contributed by atoms with van der Waals surface area (Å²) in [6.45, 7) is 0. The topological polar surface area (TPSA) is 118 Å². The first kappa shape index (κ1) is 27.6. The highest BCUT2D eigenvalue weighted by Gasteiger charge is 2.15. The number of nitrogens with zero attached hydrogens (tertiary/aromatic N) is 1. The van der Waals surface area contributed by atoms with Crippen LogP contribution in [0.5, 0.6) is 28.7 Å². The SMILES string of the molecule is COc1cc(/C=C/c2cc(OC)c(OC)c(OC)c2)cc(NC(=O)/C=C/c2cccc([N+](=O)[O-])c2)c1OC. The summed E-state index contributed by atoms with van der Waals surface area (Å²) in [6, 6.07) is 13.1. The van der Waals surface area contributed by atoms with E-state index in [1.54, 1.807) is 50.6 Å². The van der Waals surface area contributed by atoms with E-state index in [0.29, 0.717) is 40.0 Å². The van der Waals surface area contributed by atoms with Gasteiger partial charge in [0.25, 0.3) is 5.69 Å². The molecule has 1 N–H and O–H groups in total. The first-order chi connectivity index (χ1) is 18.3. The van der Waals surface area contributed by atoms with E-state index < -0.39 is 10.8 Å². The molecule has 38 heavy (non-hydrogen) atoms. The molecule has 3 rings (SSSR count). The van der Waals surface area contributed by atoms with Crippen LogP contribution in [-0.2, 0) is 4.79 Å². The van der Waals surface area contributed by atoms with Gasteiger partial charge in [0, 0.05) is 18.2 Å². The average molecular weight is 521 g/mol. The number of anilines is 1. The van der Waals surface area contributed by atoms with Crippen molar-refractivity contribution in [3.63, 3.8) is 0 Å². The minimum Gasteiger partial charge on any atom is -0.493 e. The molecule has 0 atom stereocenters. The summed E-state index contributed by atoms with van der Waals surface area (Å²) in [5.74, 6) is 1.82. The zero-order valence-corrected chi connectivity index (χ0v) is 21.6. The highest BCUT2D eigenvalue weighted by molar-refractivity contribution is 6.03. The first-order valence-corrected chi connectivity index (χ1v) is 11.3. The van der Waals surface area contributed by atoms with Gasteiger partial charge in [-0.05, 0) is 47.0 Å². The summed E-state index contributed by atoms with van der Waals surface area (Å²) < 4.78 is 27.1. The van der Waals surface area contributed by atoms with E-state index in [1.165, 1.54) is 45.6 Å². The molecule has 0 heterocycles. The Morgan fingerprint density at radius 1 is 0.737 bits per heavy atom. The number of carbonyl (C=O) groups is 1. The minimum atomic E-state index is -0.494. The molecule has 0 aliphatic heterocycles. The number of rotatable bonds is 11. The molecule has 0 aliphatic carbocycles. The zero-order valence-electron chi connectivity index (χ0n) is 21.6. The van der Waals surface area contributed by atoms with Gasteiger partial charge < -0.3 is 29.0 Å². The summed E-state index contributed by atoms with van der Waals surface area (Å²) in [5.41, 5.74) is 2.34. The lowest BCUT2D eigenvalue weighted by molar-refractivity contribution is -0.384. The molecule has 0 bridgehead atoms. The molecule has 3 aromatic rings. The highest BCUT2D eigenvalue weighted by atomic mass is 16.6. The molecule has 0 aliphatic rings. The molecular formula is C28H28N2O8. The second kappa shape index (κ2) is 12.8. The number of non-ortho nitro benzene ring substituents is 1. The molecule has 10 nitrogen and oxygen atoms in total. The van der Waals surface area contributed by atoms with Gasteiger partial charge in [0.05, 0.1) is 46.2 Å². The number of benzene rings is 3. The summed E-state index contributed by atoms with van der Waals surface area (Å²) >= 11 is 0. The zero-order chi connectivity index (χ0) is 27.7. The van der Waals surface area contributed by atoms with Gasteiger partial charge in [-0.1, -0.05) is 24.3 Å². The lowest BCUT2D eigenvalue weighted by Crippen LogP contribution is -2.09. The number of ether oxygens (including phenoxy) is 5. The highest BCUT2D eigenvalue weighted by Crippen LogP contribution is 2.40.